The molecule has 118 valence electrons. The van der Waals surface area contributed by atoms with Crippen LogP contribution in [0.25, 0.3) is 0 Å². The molecule has 1 aliphatic carbocycles. The van der Waals surface area contributed by atoms with Gasteiger partial charge in [0.25, 0.3) is 5.69 Å². The number of rotatable bonds is 3. The second-order valence-electron chi connectivity index (χ2n) is 5.55. The molecular weight excluding hydrogens is 294 g/mol. The summed E-state index contributed by atoms with van der Waals surface area (Å²) in [4.78, 5) is 22.3. The van der Waals surface area contributed by atoms with Gasteiger partial charge in [-0.3, -0.25) is 10.1 Å². The zero-order valence-corrected chi connectivity index (χ0v) is 12.5. The number of non-ortho nitro benzene ring substituents is 1. The lowest BCUT2D eigenvalue weighted by atomic mass is 9.88. The van der Waals surface area contributed by atoms with Crippen LogP contribution >= 0.6 is 0 Å². The largest absolute Gasteiger partial charge is 0.331 e. The van der Waals surface area contributed by atoms with E-state index in [-0.39, 0.29) is 17.8 Å². The summed E-state index contributed by atoms with van der Waals surface area (Å²) in [5.74, 6) is 0. The van der Waals surface area contributed by atoms with Crippen LogP contribution in [0.4, 0.5) is 16.2 Å². The lowest BCUT2D eigenvalue weighted by Gasteiger charge is -2.26. The number of anilines is 1. The number of nitro groups is 1. The number of hydrogen-bond acceptors (Lipinski definition) is 3. The molecule has 1 atom stereocenters. The highest BCUT2D eigenvalue weighted by Gasteiger charge is 2.21. The van der Waals surface area contributed by atoms with Crippen LogP contribution in [0.3, 0.4) is 0 Å². The van der Waals surface area contributed by atoms with Gasteiger partial charge in [0.1, 0.15) is 0 Å². The summed E-state index contributed by atoms with van der Waals surface area (Å²) < 4.78 is 0. The van der Waals surface area contributed by atoms with E-state index in [0.29, 0.717) is 5.69 Å². The number of urea groups is 1. The van der Waals surface area contributed by atoms with Gasteiger partial charge in [0.15, 0.2) is 0 Å². The normalized spacial score (nSPS) is 16.3. The summed E-state index contributed by atoms with van der Waals surface area (Å²) in [6.45, 7) is 0. The molecule has 6 nitrogen and oxygen atoms in total. The first-order chi connectivity index (χ1) is 11.1. The number of carbonyl (C=O) groups is 1. The van der Waals surface area contributed by atoms with E-state index in [0.717, 1.165) is 24.8 Å². The topological polar surface area (TPSA) is 84.3 Å². The number of nitrogens with one attached hydrogen (secondary N) is 2. The average Bonchev–Trinajstić information content (AvgIpc) is 2.55. The molecule has 2 aromatic rings. The predicted octanol–water partition coefficient (Wildman–Crippen LogP) is 3.79. The summed E-state index contributed by atoms with van der Waals surface area (Å²) in [6, 6.07) is 13.6. The summed E-state index contributed by atoms with van der Waals surface area (Å²) in [7, 11) is 0. The Balaban J connectivity index is 1.65. The van der Waals surface area contributed by atoms with E-state index < -0.39 is 4.92 Å². The lowest BCUT2D eigenvalue weighted by Crippen LogP contribution is -2.34. The molecule has 0 heterocycles. The van der Waals surface area contributed by atoms with Gasteiger partial charge in [-0.15, -0.1) is 0 Å². The van der Waals surface area contributed by atoms with Gasteiger partial charge in [-0.2, -0.15) is 0 Å². The molecule has 0 bridgehead atoms. The van der Waals surface area contributed by atoms with Crippen LogP contribution in [0, 0.1) is 10.1 Å². The summed E-state index contributed by atoms with van der Waals surface area (Å²) in [6.07, 6.45) is 2.99. The van der Waals surface area contributed by atoms with Crippen LogP contribution in [-0.4, -0.2) is 11.0 Å². The van der Waals surface area contributed by atoms with E-state index in [9.17, 15) is 14.9 Å². The smallest absolute Gasteiger partial charge is 0.319 e. The fourth-order valence-electron chi connectivity index (χ4n) is 2.90. The van der Waals surface area contributed by atoms with Gasteiger partial charge in [0.05, 0.1) is 11.0 Å². The number of carbonyl (C=O) groups excluding carboxylic acids is 1. The molecule has 3 rings (SSSR count). The van der Waals surface area contributed by atoms with Gasteiger partial charge in [0.2, 0.25) is 0 Å². The first kappa shape index (κ1) is 15.0. The highest BCUT2D eigenvalue weighted by atomic mass is 16.6. The van der Waals surface area contributed by atoms with Crippen molar-refractivity contribution >= 4 is 17.4 Å². The minimum atomic E-state index is -0.469. The highest BCUT2D eigenvalue weighted by molar-refractivity contribution is 5.89. The molecule has 0 saturated carbocycles. The number of benzene rings is 2. The third-order valence-corrected chi connectivity index (χ3v) is 4.01. The number of fused-ring (bicyclic) bond motifs is 1. The SMILES string of the molecule is O=C(Nc1ccc([N+](=O)[O-])cc1)N[C@@H]1CCCc2ccccc21. The Hall–Kier alpha value is -2.89. The van der Waals surface area contributed by atoms with Gasteiger partial charge in [-0.05, 0) is 42.5 Å². The fourth-order valence-corrected chi connectivity index (χ4v) is 2.90. The third kappa shape index (κ3) is 3.48. The molecule has 1 aliphatic rings. The number of amides is 2. The van der Waals surface area contributed by atoms with Crippen LogP contribution < -0.4 is 10.6 Å². The van der Waals surface area contributed by atoms with E-state index in [1.807, 2.05) is 18.2 Å². The molecule has 0 saturated heterocycles. The van der Waals surface area contributed by atoms with Crippen molar-refractivity contribution in [3.05, 3.63) is 69.8 Å². The highest BCUT2D eigenvalue weighted by Crippen LogP contribution is 2.29. The van der Waals surface area contributed by atoms with Crippen molar-refractivity contribution in [3.63, 3.8) is 0 Å². The number of aryl methyl sites for hydroxylation is 1. The summed E-state index contributed by atoms with van der Waals surface area (Å²) in [5, 5.41) is 16.3. The van der Waals surface area contributed by atoms with E-state index in [2.05, 4.69) is 16.7 Å². The van der Waals surface area contributed by atoms with Crippen molar-refractivity contribution in [3.8, 4) is 0 Å². The maximum atomic E-state index is 12.2. The van der Waals surface area contributed by atoms with Gasteiger partial charge >= 0.3 is 6.03 Å². The maximum Gasteiger partial charge on any atom is 0.319 e. The Morgan fingerprint density at radius 2 is 1.87 bits per heavy atom. The average molecular weight is 311 g/mol. The van der Waals surface area contributed by atoms with Crippen LogP contribution in [0.1, 0.15) is 30.0 Å². The molecule has 0 aliphatic heterocycles. The van der Waals surface area contributed by atoms with Crippen molar-refractivity contribution in [2.75, 3.05) is 5.32 Å². The van der Waals surface area contributed by atoms with Gasteiger partial charge < -0.3 is 10.6 Å². The molecule has 2 aromatic carbocycles. The monoisotopic (exact) mass is 311 g/mol. The van der Waals surface area contributed by atoms with Gasteiger partial charge in [-0.25, -0.2) is 4.79 Å². The van der Waals surface area contributed by atoms with Crippen LogP contribution in [0.5, 0.6) is 0 Å². The molecule has 0 spiro atoms. The molecule has 2 amide bonds. The molecule has 6 heteroatoms. The Bertz CT molecular complexity index is 728. The van der Waals surface area contributed by atoms with Crippen molar-refractivity contribution in [1.82, 2.24) is 5.32 Å². The Kier molecular flexibility index (Phi) is 4.23. The van der Waals surface area contributed by atoms with Crippen molar-refractivity contribution < 1.29 is 9.72 Å². The Morgan fingerprint density at radius 1 is 1.13 bits per heavy atom. The second kappa shape index (κ2) is 6.48. The second-order valence-corrected chi connectivity index (χ2v) is 5.55. The molecule has 0 unspecified atom stereocenters. The summed E-state index contributed by atoms with van der Waals surface area (Å²) >= 11 is 0. The van der Waals surface area contributed by atoms with Crippen molar-refractivity contribution in [2.45, 2.75) is 25.3 Å². The van der Waals surface area contributed by atoms with E-state index >= 15 is 0 Å². The van der Waals surface area contributed by atoms with Crippen LogP contribution in [0.2, 0.25) is 0 Å². The standard InChI is InChI=1S/C17H17N3O3/c21-17(18-13-8-10-14(11-9-13)20(22)23)19-16-7-3-5-12-4-1-2-6-15(12)16/h1-2,4,6,8-11,16H,3,5,7H2,(H2,18,19,21)/t16-/m1/s1. The zero-order chi connectivity index (χ0) is 16.2. The number of hydrogen-bond donors (Lipinski definition) is 2. The van der Waals surface area contributed by atoms with Crippen molar-refractivity contribution in [1.29, 1.82) is 0 Å². The Labute approximate surface area is 133 Å². The molecule has 0 aromatic heterocycles. The minimum Gasteiger partial charge on any atom is -0.331 e. The van der Waals surface area contributed by atoms with E-state index in [1.165, 1.54) is 29.8 Å². The zero-order valence-electron chi connectivity index (χ0n) is 12.5. The van der Waals surface area contributed by atoms with Gasteiger partial charge in [0, 0.05) is 17.8 Å². The fraction of sp³-hybridized carbons (Fsp3) is 0.235. The van der Waals surface area contributed by atoms with Crippen LogP contribution in [0.15, 0.2) is 48.5 Å². The summed E-state index contributed by atoms with van der Waals surface area (Å²) in [5.41, 5.74) is 2.96. The quantitative estimate of drug-likeness (QED) is 0.668. The molecule has 2 N–H and O–H groups in total. The maximum absolute atomic E-state index is 12.2. The van der Waals surface area contributed by atoms with E-state index in [1.54, 1.807) is 0 Å². The minimum absolute atomic E-state index is 0.00185. The predicted molar refractivity (Wildman–Crippen MR) is 87.4 cm³/mol. The number of nitro benzene ring substituents is 1. The van der Waals surface area contributed by atoms with Crippen molar-refractivity contribution in [2.24, 2.45) is 0 Å². The molecule has 23 heavy (non-hydrogen) atoms. The first-order valence-electron chi connectivity index (χ1n) is 7.53. The molecule has 0 fully saturated rings. The molecule has 0 radical (unpaired) electrons. The Morgan fingerprint density at radius 3 is 2.61 bits per heavy atom. The van der Waals surface area contributed by atoms with Crippen LogP contribution in [-0.2, 0) is 6.42 Å². The van der Waals surface area contributed by atoms with Gasteiger partial charge in [-0.1, -0.05) is 24.3 Å². The molecular formula is C17H17N3O3. The lowest BCUT2D eigenvalue weighted by molar-refractivity contribution is -0.384. The third-order valence-electron chi connectivity index (χ3n) is 4.01. The van der Waals surface area contributed by atoms with E-state index in [4.69, 9.17) is 0 Å². The first-order valence-corrected chi connectivity index (χ1v) is 7.53. The number of nitrogens with zero attached hydrogens (tertiary/aromatic N) is 1.